The van der Waals surface area contributed by atoms with Gasteiger partial charge in [0.25, 0.3) is 0 Å². The highest BCUT2D eigenvalue weighted by Crippen LogP contribution is 2.44. The molecular weight excluding hydrogens is 330 g/mol. The number of ether oxygens (including phenoxy) is 3. The molecule has 2 heterocycles. The van der Waals surface area contributed by atoms with Crippen LogP contribution in [0.15, 0.2) is 24.4 Å². The minimum atomic E-state index is -0.260. The third-order valence-electron chi connectivity index (χ3n) is 4.81. The van der Waals surface area contributed by atoms with Crippen LogP contribution in [0.3, 0.4) is 0 Å². The number of carbonyl (C=O) groups is 1. The number of carbonyl (C=O) groups excluding carboxylic acids is 1. The molecule has 0 saturated carbocycles. The maximum Gasteiger partial charge on any atom is 0.215 e. The fourth-order valence-electron chi connectivity index (χ4n) is 3.39. The summed E-state index contributed by atoms with van der Waals surface area (Å²) in [5, 5.41) is 0. The summed E-state index contributed by atoms with van der Waals surface area (Å²) in [7, 11) is 1.56. The smallest absolute Gasteiger partial charge is 0.215 e. The minimum Gasteiger partial charge on any atom is -0.487 e. The van der Waals surface area contributed by atoms with Crippen molar-refractivity contribution in [2.75, 3.05) is 13.9 Å². The molecule has 5 heteroatoms. The van der Waals surface area contributed by atoms with Crippen molar-refractivity contribution in [3.05, 3.63) is 52.3 Å². The Morgan fingerprint density at radius 2 is 2.04 bits per heavy atom. The Kier molecular flexibility index (Phi) is 5.01. The van der Waals surface area contributed by atoms with Gasteiger partial charge in [0.05, 0.1) is 5.56 Å². The molecule has 0 unspecified atom stereocenters. The van der Waals surface area contributed by atoms with Gasteiger partial charge in [-0.05, 0) is 58.2 Å². The van der Waals surface area contributed by atoms with Crippen LogP contribution >= 0.6 is 0 Å². The van der Waals surface area contributed by atoms with Crippen molar-refractivity contribution in [1.29, 1.82) is 0 Å². The van der Waals surface area contributed by atoms with Crippen LogP contribution in [0.4, 0.5) is 0 Å². The summed E-state index contributed by atoms with van der Waals surface area (Å²) in [6.45, 7) is 8.10. The normalized spacial score (nSPS) is 15.1. The largest absolute Gasteiger partial charge is 0.487 e. The van der Waals surface area contributed by atoms with Crippen LogP contribution in [-0.2, 0) is 11.2 Å². The van der Waals surface area contributed by atoms with Gasteiger partial charge >= 0.3 is 0 Å². The number of nitrogens with zero attached hydrogens (tertiary/aromatic N) is 1. The van der Waals surface area contributed by atoms with Gasteiger partial charge in [-0.25, -0.2) is 0 Å². The van der Waals surface area contributed by atoms with Crippen LogP contribution in [0.5, 0.6) is 11.5 Å². The molecule has 1 aromatic heterocycles. The molecule has 1 aromatic carbocycles. The van der Waals surface area contributed by atoms with Gasteiger partial charge in [-0.2, -0.15) is 0 Å². The summed E-state index contributed by atoms with van der Waals surface area (Å²) in [6, 6.07) is 5.30. The number of aromatic nitrogens is 1. The summed E-state index contributed by atoms with van der Waals surface area (Å²) in [5.74, 6) is 1.18. The maximum atomic E-state index is 13.2. The standard InChI is InChI=1S/C21H25NO4/c1-13-15-9-10-21(3,4)26-19(15)14(2)17(20(13)25-12-24-5)18(23)16-8-6-7-11-22-16/h6-8,11H,9-10,12H2,1-5H3. The Hall–Kier alpha value is -2.40. The second kappa shape index (κ2) is 7.08. The van der Waals surface area contributed by atoms with Gasteiger partial charge < -0.3 is 14.2 Å². The summed E-state index contributed by atoms with van der Waals surface area (Å²) >= 11 is 0. The van der Waals surface area contributed by atoms with Crippen molar-refractivity contribution in [3.63, 3.8) is 0 Å². The van der Waals surface area contributed by atoms with Crippen molar-refractivity contribution < 1.29 is 19.0 Å². The van der Waals surface area contributed by atoms with E-state index in [1.54, 1.807) is 31.5 Å². The molecule has 0 spiro atoms. The van der Waals surface area contributed by atoms with E-state index in [0.29, 0.717) is 17.0 Å². The average molecular weight is 355 g/mol. The molecule has 0 saturated heterocycles. The van der Waals surface area contributed by atoms with Crippen LogP contribution in [0.25, 0.3) is 0 Å². The van der Waals surface area contributed by atoms with Crippen molar-refractivity contribution in [1.82, 2.24) is 4.98 Å². The zero-order chi connectivity index (χ0) is 18.9. The summed E-state index contributed by atoms with van der Waals surface area (Å²) in [4.78, 5) is 17.4. The Bertz CT molecular complexity index is 828. The van der Waals surface area contributed by atoms with Gasteiger partial charge in [-0.3, -0.25) is 9.78 Å². The van der Waals surface area contributed by atoms with Gasteiger partial charge in [-0.15, -0.1) is 0 Å². The van der Waals surface area contributed by atoms with Gasteiger partial charge in [0.1, 0.15) is 22.8 Å². The maximum absolute atomic E-state index is 13.2. The van der Waals surface area contributed by atoms with Crippen molar-refractivity contribution in [2.24, 2.45) is 0 Å². The average Bonchev–Trinajstić information content (AvgIpc) is 2.63. The number of rotatable bonds is 5. The monoisotopic (exact) mass is 355 g/mol. The Morgan fingerprint density at radius 3 is 2.69 bits per heavy atom. The molecular formula is C21H25NO4. The fraction of sp³-hybridized carbons (Fsp3) is 0.429. The number of hydrogen-bond donors (Lipinski definition) is 0. The topological polar surface area (TPSA) is 57.7 Å². The van der Waals surface area contributed by atoms with Gasteiger partial charge in [0.2, 0.25) is 5.78 Å². The number of benzene rings is 1. The van der Waals surface area contributed by atoms with E-state index in [9.17, 15) is 4.79 Å². The number of ketones is 1. The van der Waals surface area contributed by atoms with E-state index in [2.05, 4.69) is 18.8 Å². The minimum absolute atomic E-state index is 0.0773. The summed E-state index contributed by atoms with van der Waals surface area (Å²) < 4.78 is 17.2. The molecule has 2 aromatic rings. The van der Waals surface area contributed by atoms with Crippen LogP contribution in [0.1, 0.15) is 53.0 Å². The van der Waals surface area contributed by atoms with E-state index in [1.165, 1.54) is 0 Å². The van der Waals surface area contributed by atoms with Crippen molar-refractivity contribution >= 4 is 5.78 Å². The third kappa shape index (κ3) is 3.31. The molecule has 26 heavy (non-hydrogen) atoms. The zero-order valence-corrected chi connectivity index (χ0v) is 16.0. The van der Waals surface area contributed by atoms with E-state index in [0.717, 1.165) is 35.3 Å². The molecule has 0 fully saturated rings. The Labute approximate surface area is 154 Å². The SMILES string of the molecule is COCOc1c(C)c2c(c(C)c1C(=O)c1ccccn1)OC(C)(C)CC2. The Balaban J connectivity index is 2.21. The predicted molar refractivity (Wildman–Crippen MR) is 99.1 cm³/mol. The first-order valence-electron chi connectivity index (χ1n) is 8.78. The molecule has 1 aliphatic heterocycles. The lowest BCUT2D eigenvalue weighted by atomic mass is 9.86. The van der Waals surface area contributed by atoms with Gasteiger partial charge in [0.15, 0.2) is 6.79 Å². The lowest BCUT2D eigenvalue weighted by molar-refractivity contribution is 0.0487. The van der Waals surface area contributed by atoms with E-state index >= 15 is 0 Å². The van der Waals surface area contributed by atoms with Crippen LogP contribution in [0, 0.1) is 13.8 Å². The lowest BCUT2D eigenvalue weighted by Crippen LogP contribution is -2.34. The number of methoxy groups -OCH3 is 1. The number of fused-ring (bicyclic) bond motifs is 1. The molecule has 0 radical (unpaired) electrons. The van der Waals surface area contributed by atoms with Gasteiger partial charge in [-0.1, -0.05) is 6.07 Å². The summed E-state index contributed by atoms with van der Waals surface area (Å²) in [6.07, 6.45) is 3.41. The highest BCUT2D eigenvalue weighted by Gasteiger charge is 2.34. The third-order valence-corrected chi connectivity index (χ3v) is 4.81. The van der Waals surface area contributed by atoms with E-state index in [1.807, 2.05) is 13.8 Å². The first kappa shape index (κ1) is 18.4. The quantitative estimate of drug-likeness (QED) is 0.599. The summed E-state index contributed by atoms with van der Waals surface area (Å²) in [5.41, 5.74) is 3.44. The molecule has 0 aliphatic carbocycles. The van der Waals surface area contributed by atoms with Crippen molar-refractivity contribution in [2.45, 2.75) is 46.1 Å². The predicted octanol–water partition coefficient (Wildman–Crippen LogP) is 4.02. The van der Waals surface area contributed by atoms with E-state index in [-0.39, 0.29) is 18.2 Å². The van der Waals surface area contributed by atoms with Crippen LogP contribution in [0.2, 0.25) is 0 Å². The fourth-order valence-corrected chi connectivity index (χ4v) is 3.39. The Morgan fingerprint density at radius 1 is 1.27 bits per heavy atom. The van der Waals surface area contributed by atoms with Crippen LogP contribution in [-0.4, -0.2) is 30.3 Å². The zero-order valence-electron chi connectivity index (χ0n) is 16.0. The van der Waals surface area contributed by atoms with E-state index in [4.69, 9.17) is 14.2 Å². The lowest BCUT2D eigenvalue weighted by Gasteiger charge is -2.35. The molecule has 0 amide bonds. The number of hydrogen-bond acceptors (Lipinski definition) is 5. The second-order valence-corrected chi connectivity index (χ2v) is 7.22. The first-order chi connectivity index (χ1) is 12.4. The highest BCUT2D eigenvalue weighted by molar-refractivity contribution is 6.11. The molecule has 138 valence electrons. The van der Waals surface area contributed by atoms with Gasteiger partial charge in [0, 0.05) is 24.4 Å². The molecule has 3 rings (SSSR count). The van der Waals surface area contributed by atoms with E-state index < -0.39 is 0 Å². The first-order valence-corrected chi connectivity index (χ1v) is 8.78. The molecule has 0 bridgehead atoms. The number of pyridine rings is 1. The molecule has 1 aliphatic rings. The van der Waals surface area contributed by atoms with Crippen molar-refractivity contribution in [3.8, 4) is 11.5 Å². The molecule has 5 nitrogen and oxygen atoms in total. The second-order valence-electron chi connectivity index (χ2n) is 7.22. The molecule has 0 N–H and O–H groups in total. The highest BCUT2D eigenvalue weighted by atomic mass is 16.7. The van der Waals surface area contributed by atoms with Crippen LogP contribution < -0.4 is 9.47 Å². The molecule has 0 atom stereocenters.